The van der Waals surface area contributed by atoms with E-state index in [4.69, 9.17) is 24.3 Å². The van der Waals surface area contributed by atoms with E-state index in [1.807, 2.05) is 42.5 Å². The van der Waals surface area contributed by atoms with E-state index >= 15 is 0 Å². The molecule has 0 unspecified atom stereocenters. The van der Waals surface area contributed by atoms with Crippen molar-refractivity contribution in [3.8, 4) is 28.5 Å². The van der Waals surface area contributed by atoms with Crippen molar-refractivity contribution in [1.29, 1.82) is 0 Å². The maximum absolute atomic E-state index is 8.92. The summed E-state index contributed by atoms with van der Waals surface area (Å²) in [5.41, 5.74) is 3.61. The van der Waals surface area contributed by atoms with Crippen LogP contribution in [0.15, 0.2) is 42.5 Å². The maximum atomic E-state index is 8.92. The van der Waals surface area contributed by atoms with Gasteiger partial charge in [0.1, 0.15) is 12.4 Å². The topological polar surface area (TPSA) is 60.8 Å². The quantitative estimate of drug-likeness (QED) is 0.743. The highest BCUT2D eigenvalue weighted by Gasteiger charge is 2.14. The number of ether oxygens (including phenoxy) is 3. The van der Waals surface area contributed by atoms with Gasteiger partial charge in [0, 0.05) is 17.0 Å². The van der Waals surface area contributed by atoms with E-state index in [0.29, 0.717) is 17.2 Å². The molecule has 25 heavy (non-hydrogen) atoms. The van der Waals surface area contributed by atoms with E-state index in [0.717, 1.165) is 27.7 Å². The molecule has 0 amide bonds. The summed E-state index contributed by atoms with van der Waals surface area (Å²) >= 11 is 0. The summed E-state index contributed by atoms with van der Waals surface area (Å²) < 4.78 is 16.4. The average molecular weight is 339 g/mol. The standard InChI is InChI=1S/C20H21NO4/c1-13-11-17(16-5-4-6-19(23-2)20(16)24-3)21-18-12-14(25-10-9-22)7-8-15(13)18/h4-8,11-12,22H,9-10H2,1-3H3. The van der Waals surface area contributed by atoms with Gasteiger partial charge in [0.05, 0.1) is 32.0 Å². The number of fused-ring (bicyclic) bond motifs is 1. The number of aryl methyl sites for hydroxylation is 1. The van der Waals surface area contributed by atoms with Crippen LogP contribution in [0.5, 0.6) is 17.2 Å². The molecule has 0 fully saturated rings. The lowest BCUT2D eigenvalue weighted by Crippen LogP contribution is -2.01. The summed E-state index contributed by atoms with van der Waals surface area (Å²) in [5, 5.41) is 9.98. The smallest absolute Gasteiger partial charge is 0.170 e. The van der Waals surface area contributed by atoms with Gasteiger partial charge in [0.25, 0.3) is 0 Å². The predicted octanol–water partition coefficient (Wildman–Crippen LogP) is 3.60. The summed E-state index contributed by atoms with van der Waals surface area (Å²) in [6, 6.07) is 13.5. The van der Waals surface area contributed by atoms with E-state index in [2.05, 4.69) is 6.92 Å². The van der Waals surface area contributed by atoms with E-state index in [1.165, 1.54) is 0 Å². The van der Waals surface area contributed by atoms with Crippen molar-refractivity contribution >= 4 is 10.9 Å². The average Bonchev–Trinajstić information content (AvgIpc) is 2.65. The van der Waals surface area contributed by atoms with Gasteiger partial charge in [0.15, 0.2) is 11.5 Å². The second-order valence-corrected chi connectivity index (χ2v) is 5.62. The molecule has 0 radical (unpaired) electrons. The van der Waals surface area contributed by atoms with E-state index < -0.39 is 0 Å². The Balaban J connectivity index is 2.14. The van der Waals surface area contributed by atoms with Crippen LogP contribution in [0.4, 0.5) is 0 Å². The SMILES string of the molecule is COc1cccc(-c2cc(C)c3ccc(OCCO)cc3n2)c1OC. The van der Waals surface area contributed by atoms with E-state index in [9.17, 15) is 0 Å². The van der Waals surface area contributed by atoms with Crippen LogP contribution in [0.2, 0.25) is 0 Å². The summed E-state index contributed by atoms with van der Waals surface area (Å²) in [7, 11) is 3.24. The highest BCUT2D eigenvalue weighted by molar-refractivity contribution is 5.87. The number of aliphatic hydroxyl groups is 1. The van der Waals surface area contributed by atoms with Crippen LogP contribution in [0.25, 0.3) is 22.2 Å². The van der Waals surface area contributed by atoms with Crippen LogP contribution in [0.1, 0.15) is 5.56 Å². The Morgan fingerprint density at radius 2 is 1.88 bits per heavy atom. The molecule has 5 nitrogen and oxygen atoms in total. The molecule has 130 valence electrons. The highest BCUT2D eigenvalue weighted by atomic mass is 16.5. The number of rotatable bonds is 6. The van der Waals surface area contributed by atoms with Crippen molar-refractivity contribution in [3.63, 3.8) is 0 Å². The van der Waals surface area contributed by atoms with Gasteiger partial charge in [-0.15, -0.1) is 0 Å². The molecule has 0 aliphatic heterocycles. The fourth-order valence-corrected chi connectivity index (χ4v) is 2.86. The lowest BCUT2D eigenvalue weighted by atomic mass is 10.0. The van der Waals surface area contributed by atoms with E-state index in [-0.39, 0.29) is 13.2 Å². The Kier molecular flexibility index (Phi) is 5.05. The molecule has 2 aromatic carbocycles. The molecule has 0 bridgehead atoms. The number of para-hydroxylation sites is 1. The molecule has 1 aromatic heterocycles. The molecule has 0 saturated heterocycles. The first-order valence-corrected chi connectivity index (χ1v) is 8.04. The van der Waals surface area contributed by atoms with Crippen LogP contribution in [-0.2, 0) is 0 Å². The van der Waals surface area contributed by atoms with Crippen LogP contribution in [0.3, 0.4) is 0 Å². The molecular weight excluding hydrogens is 318 g/mol. The molecule has 0 spiro atoms. The number of aromatic nitrogens is 1. The minimum Gasteiger partial charge on any atom is -0.493 e. The number of benzene rings is 2. The number of pyridine rings is 1. The lowest BCUT2D eigenvalue weighted by Gasteiger charge is -2.14. The van der Waals surface area contributed by atoms with Crippen molar-refractivity contribution in [2.24, 2.45) is 0 Å². The first kappa shape index (κ1) is 17.0. The van der Waals surface area contributed by atoms with Crippen LogP contribution < -0.4 is 14.2 Å². The van der Waals surface area contributed by atoms with Crippen molar-refractivity contribution in [1.82, 2.24) is 4.98 Å². The number of methoxy groups -OCH3 is 2. The third-order valence-corrected chi connectivity index (χ3v) is 4.03. The zero-order valence-electron chi connectivity index (χ0n) is 14.6. The van der Waals surface area contributed by atoms with Crippen LogP contribution in [-0.4, -0.2) is 37.5 Å². The summed E-state index contributed by atoms with van der Waals surface area (Å²) in [4.78, 5) is 4.78. The second kappa shape index (κ2) is 7.40. The number of hydrogen-bond donors (Lipinski definition) is 1. The monoisotopic (exact) mass is 339 g/mol. The lowest BCUT2D eigenvalue weighted by molar-refractivity contribution is 0.201. The van der Waals surface area contributed by atoms with Crippen molar-refractivity contribution in [2.45, 2.75) is 6.92 Å². The molecule has 0 aliphatic carbocycles. The van der Waals surface area contributed by atoms with Gasteiger partial charge < -0.3 is 19.3 Å². The van der Waals surface area contributed by atoms with Crippen LogP contribution >= 0.6 is 0 Å². The van der Waals surface area contributed by atoms with Gasteiger partial charge in [-0.25, -0.2) is 4.98 Å². The molecular formula is C20H21NO4. The molecule has 3 aromatic rings. The molecule has 5 heteroatoms. The second-order valence-electron chi connectivity index (χ2n) is 5.62. The third-order valence-electron chi connectivity index (χ3n) is 4.03. The van der Waals surface area contributed by atoms with Gasteiger partial charge in [0.2, 0.25) is 0 Å². The first-order chi connectivity index (χ1) is 12.2. The zero-order chi connectivity index (χ0) is 17.8. The maximum Gasteiger partial charge on any atom is 0.170 e. The molecule has 1 heterocycles. The van der Waals surface area contributed by atoms with E-state index in [1.54, 1.807) is 14.2 Å². The molecule has 0 saturated carbocycles. The van der Waals surface area contributed by atoms with Gasteiger partial charge in [-0.2, -0.15) is 0 Å². The van der Waals surface area contributed by atoms with Gasteiger partial charge in [-0.05, 0) is 42.8 Å². The molecule has 0 atom stereocenters. The Bertz CT molecular complexity index is 892. The molecule has 3 rings (SSSR count). The third kappa shape index (κ3) is 3.37. The number of aliphatic hydroxyl groups excluding tert-OH is 1. The Hall–Kier alpha value is -2.79. The zero-order valence-corrected chi connectivity index (χ0v) is 14.6. The van der Waals surface area contributed by atoms with Gasteiger partial charge >= 0.3 is 0 Å². The van der Waals surface area contributed by atoms with Crippen molar-refractivity contribution < 1.29 is 19.3 Å². The van der Waals surface area contributed by atoms with Gasteiger partial charge in [-0.3, -0.25) is 0 Å². The van der Waals surface area contributed by atoms with Crippen LogP contribution in [0, 0.1) is 6.92 Å². The van der Waals surface area contributed by atoms with Crippen molar-refractivity contribution in [3.05, 3.63) is 48.0 Å². The highest BCUT2D eigenvalue weighted by Crippen LogP contribution is 2.38. The molecule has 0 aliphatic rings. The normalized spacial score (nSPS) is 10.7. The fourth-order valence-electron chi connectivity index (χ4n) is 2.86. The molecule has 1 N–H and O–H groups in total. The Morgan fingerprint density at radius 1 is 1.04 bits per heavy atom. The first-order valence-electron chi connectivity index (χ1n) is 8.04. The summed E-state index contributed by atoms with van der Waals surface area (Å²) in [6.45, 7) is 2.29. The fraction of sp³-hybridized carbons (Fsp3) is 0.250. The minimum atomic E-state index is -0.0223. The number of nitrogens with zero attached hydrogens (tertiary/aromatic N) is 1. The largest absolute Gasteiger partial charge is 0.493 e. The number of hydrogen-bond acceptors (Lipinski definition) is 5. The summed E-state index contributed by atoms with van der Waals surface area (Å²) in [5.74, 6) is 2.01. The van der Waals surface area contributed by atoms with Gasteiger partial charge in [-0.1, -0.05) is 6.07 Å². The summed E-state index contributed by atoms with van der Waals surface area (Å²) in [6.07, 6.45) is 0. The Morgan fingerprint density at radius 3 is 2.60 bits per heavy atom. The van der Waals surface area contributed by atoms with Crippen molar-refractivity contribution in [2.75, 3.05) is 27.4 Å². The minimum absolute atomic E-state index is 0.0223. The Labute approximate surface area is 146 Å². The predicted molar refractivity (Wildman–Crippen MR) is 97.6 cm³/mol.